The Kier molecular flexibility index (Phi) is 4.83. The molecule has 0 aliphatic rings. The van der Waals surface area contributed by atoms with Crippen molar-refractivity contribution in [2.75, 3.05) is 19.5 Å². The summed E-state index contributed by atoms with van der Waals surface area (Å²) < 4.78 is 15.4. The van der Waals surface area contributed by atoms with E-state index < -0.39 is 5.91 Å². The molecule has 0 fully saturated rings. The van der Waals surface area contributed by atoms with Crippen LogP contribution in [0.15, 0.2) is 46.6 Å². The highest BCUT2D eigenvalue weighted by molar-refractivity contribution is 6.09. The van der Waals surface area contributed by atoms with Crippen molar-refractivity contribution in [1.29, 1.82) is 5.26 Å². The number of nitrogens with zero attached hydrogens (tertiary/aromatic N) is 1. The van der Waals surface area contributed by atoms with Gasteiger partial charge in [0.25, 0.3) is 5.91 Å². The van der Waals surface area contributed by atoms with Crippen molar-refractivity contribution in [3.63, 3.8) is 0 Å². The van der Waals surface area contributed by atoms with Crippen LogP contribution in [-0.4, -0.2) is 20.1 Å². The van der Waals surface area contributed by atoms with Gasteiger partial charge in [-0.3, -0.25) is 4.79 Å². The van der Waals surface area contributed by atoms with E-state index in [1.54, 1.807) is 30.3 Å². The smallest absolute Gasteiger partial charge is 0.266 e. The lowest BCUT2D eigenvalue weighted by Gasteiger charge is -2.10. The molecule has 2 aromatic rings. The molecule has 1 amide bonds. The predicted octanol–water partition coefficient (Wildman–Crippen LogP) is 2.84. The number of benzene rings is 1. The lowest BCUT2D eigenvalue weighted by Crippen LogP contribution is -2.13. The Bertz CT molecular complexity index is 727. The zero-order chi connectivity index (χ0) is 15.9. The van der Waals surface area contributed by atoms with Crippen LogP contribution < -0.4 is 14.8 Å². The van der Waals surface area contributed by atoms with Gasteiger partial charge in [0.05, 0.1) is 20.5 Å². The summed E-state index contributed by atoms with van der Waals surface area (Å²) in [7, 11) is 3.02. The Morgan fingerprint density at radius 2 is 2.05 bits per heavy atom. The van der Waals surface area contributed by atoms with E-state index >= 15 is 0 Å². The van der Waals surface area contributed by atoms with Crippen LogP contribution in [0.1, 0.15) is 5.76 Å². The van der Waals surface area contributed by atoms with Crippen LogP contribution >= 0.6 is 0 Å². The fourth-order valence-electron chi connectivity index (χ4n) is 1.78. The Hall–Kier alpha value is -3.20. The zero-order valence-corrected chi connectivity index (χ0v) is 12.1. The van der Waals surface area contributed by atoms with E-state index in [1.807, 2.05) is 6.07 Å². The van der Waals surface area contributed by atoms with Crippen molar-refractivity contribution >= 4 is 17.7 Å². The van der Waals surface area contributed by atoms with Crippen molar-refractivity contribution in [2.24, 2.45) is 0 Å². The first-order chi connectivity index (χ1) is 10.7. The molecule has 6 heteroatoms. The number of amides is 1. The molecule has 6 nitrogen and oxygen atoms in total. The molecule has 1 heterocycles. The average Bonchev–Trinajstić information content (AvgIpc) is 3.05. The molecule has 112 valence electrons. The Morgan fingerprint density at radius 1 is 1.27 bits per heavy atom. The highest BCUT2D eigenvalue weighted by atomic mass is 16.5. The van der Waals surface area contributed by atoms with Gasteiger partial charge in [0.2, 0.25) is 0 Å². The number of anilines is 1. The van der Waals surface area contributed by atoms with Gasteiger partial charge in [0.15, 0.2) is 11.5 Å². The normalized spacial score (nSPS) is 10.7. The molecule has 0 radical (unpaired) electrons. The number of nitrogens with one attached hydrogen (secondary N) is 1. The molecule has 22 heavy (non-hydrogen) atoms. The SMILES string of the molecule is COc1ccc(NC(=O)/C(C#N)=C/c2ccco2)cc1OC. The molecule has 0 unspecified atom stereocenters. The molecule has 0 saturated heterocycles. The summed E-state index contributed by atoms with van der Waals surface area (Å²) in [4.78, 5) is 12.1. The van der Waals surface area contributed by atoms with Crippen molar-refractivity contribution < 1.29 is 18.7 Å². The third kappa shape index (κ3) is 3.46. The van der Waals surface area contributed by atoms with E-state index in [2.05, 4.69) is 5.32 Å². The molecule has 0 saturated carbocycles. The van der Waals surface area contributed by atoms with Crippen LogP contribution in [0, 0.1) is 11.3 Å². The molecule has 0 bridgehead atoms. The molecule has 0 spiro atoms. The van der Waals surface area contributed by atoms with Crippen LogP contribution in [0.3, 0.4) is 0 Å². The molecular weight excluding hydrogens is 284 g/mol. The number of rotatable bonds is 5. The maximum absolute atomic E-state index is 12.1. The van der Waals surface area contributed by atoms with Gasteiger partial charge in [-0.2, -0.15) is 5.26 Å². The first-order valence-corrected chi connectivity index (χ1v) is 6.36. The van der Waals surface area contributed by atoms with Crippen LogP contribution in [0.2, 0.25) is 0 Å². The minimum atomic E-state index is -0.536. The van der Waals surface area contributed by atoms with E-state index in [-0.39, 0.29) is 5.57 Å². The van der Waals surface area contributed by atoms with Gasteiger partial charge in [0.1, 0.15) is 17.4 Å². The van der Waals surface area contributed by atoms with Gasteiger partial charge in [0, 0.05) is 17.8 Å². The summed E-state index contributed by atoms with van der Waals surface area (Å²) in [5.74, 6) is 0.922. The number of furan rings is 1. The van der Waals surface area contributed by atoms with Crippen LogP contribution in [-0.2, 0) is 4.79 Å². The van der Waals surface area contributed by atoms with E-state index in [1.165, 1.54) is 26.6 Å². The highest BCUT2D eigenvalue weighted by Crippen LogP contribution is 2.29. The van der Waals surface area contributed by atoms with Crippen molar-refractivity contribution in [3.05, 3.63) is 47.9 Å². The minimum absolute atomic E-state index is 0.0651. The predicted molar refractivity (Wildman–Crippen MR) is 80.5 cm³/mol. The quantitative estimate of drug-likeness (QED) is 0.677. The summed E-state index contributed by atoms with van der Waals surface area (Å²) in [5, 5.41) is 11.7. The second-order valence-electron chi connectivity index (χ2n) is 4.21. The van der Waals surface area contributed by atoms with Crippen LogP contribution in [0.25, 0.3) is 6.08 Å². The van der Waals surface area contributed by atoms with E-state index in [0.717, 1.165) is 0 Å². The number of carbonyl (C=O) groups is 1. The van der Waals surface area contributed by atoms with Gasteiger partial charge < -0.3 is 19.2 Å². The summed E-state index contributed by atoms with van der Waals surface area (Å²) in [6, 6.07) is 10.1. The third-order valence-corrected chi connectivity index (χ3v) is 2.84. The molecular formula is C16H14N2O4. The minimum Gasteiger partial charge on any atom is -0.493 e. The summed E-state index contributed by atoms with van der Waals surface area (Å²) >= 11 is 0. The number of ether oxygens (including phenoxy) is 2. The average molecular weight is 298 g/mol. The monoisotopic (exact) mass is 298 g/mol. The lowest BCUT2D eigenvalue weighted by atomic mass is 10.2. The van der Waals surface area contributed by atoms with Gasteiger partial charge in [-0.15, -0.1) is 0 Å². The molecule has 1 N–H and O–H groups in total. The lowest BCUT2D eigenvalue weighted by molar-refractivity contribution is -0.112. The van der Waals surface area contributed by atoms with Gasteiger partial charge in [-0.05, 0) is 24.3 Å². The first kappa shape index (κ1) is 15.2. The maximum atomic E-state index is 12.1. The Labute approximate surface area is 127 Å². The number of nitriles is 1. The fraction of sp³-hybridized carbons (Fsp3) is 0.125. The molecule has 1 aromatic carbocycles. The summed E-state index contributed by atoms with van der Waals surface area (Å²) in [5.41, 5.74) is 0.424. The Balaban J connectivity index is 2.19. The molecule has 2 rings (SSSR count). The summed E-state index contributed by atoms with van der Waals surface area (Å²) in [6.07, 6.45) is 2.84. The molecule has 1 aromatic heterocycles. The zero-order valence-electron chi connectivity index (χ0n) is 12.1. The number of methoxy groups -OCH3 is 2. The van der Waals surface area contributed by atoms with Gasteiger partial charge in [-0.25, -0.2) is 0 Å². The third-order valence-electron chi connectivity index (χ3n) is 2.84. The van der Waals surface area contributed by atoms with Crippen molar-refractivity contribution in [1.82, 2.24) is 0 Å². The second kappa shape index (κ2) is 6.99. The second-order valence-corrected chi connectivity index (χ2v) is 4.21. The number of carbonyl (C=O) groups excluding carboxylic acids is 1. The summed E-state index contributed by atoms with van der Waals surface area (Å²) in [6.45, 7) is 0. The van der Waals surface area contributed by atoms with Crippen molar-refractivity contribution in [3.8, 4) is 17.6 Å². The number of hydrogen-bond donors (Lipinski definition) is 1. The van der Waals surface area contributed by atoms with Crippen molar-refractivity contribution in [2.45, 2.75) is 0 Å². The topological polar surface area (TPSA) is 84.5 Å². The van der Waals surface area contributed by atoms with E-state index in [0.29, 0.717) is 22.9 Å². The maximum Gasteiger partial charge on any atom is 0.266 e. The van der Waals surface area contributed by atoms with Crippen LogP contribution in [0.5, 0.6) is 11.5 Å². The molecule has 0 atom stereocenters. The largest absolute Gasteiger partial charge is 0.493 e. The van der Waals surface area contributed by atoms with Crippen LogP contribution in [0.4, 0.5) is 5.69 Å². The highest BCUT2D eigenvalue weighted by Gasteiger charge is 2.12. The van der Waals surface area contributed by atoms with Gasteiger partial charge >= 0.3 is 0 Å². The Morgan fingerprint density at radius 3 is 2.64 bits per heavy atom. The van der Waals surface area contributed by atoms with E-state index in [9.17, 15) is 4.79 Å². The first-order valence-electron chi connectivity index (χ1n) is 6.36. The molecule has 0 aliphatic carbocycles. The standard InChI is InChI=1S/C16H14N2O4/c1-20-14-6-5-12(9-15(14)21-2)18-16(19)11(10-17)8-13-4-3-7-22-13/h3-9H,1-2H3,(H,18,19)/b11-8+. The fourth-order valence-corrected chi connectivity index (χ4v) is 1.78. The van der Waals surface area contributed by atoms with Gasteiger partial charge in [-0.1, -0.05) is 0 Å². The number of hydrogen-bond acceptors (Lipinski definition) is 5. The molecule has 0 aliphatic heterocycles. The van der Waals surface area contributed by atoms with E-state index in [4.69, 9.17) is 19.2 Å².